The van der Waals surface area contributed by atoms with Gasteiger partial charge in [0.05, 0.1) is 0 Å². The van der Waals surface area contributed by atoms with Gasteiger partial charge in [0.2, 0.25) is 6.41 Å². The Labute approximate surface area is 131 Å². The molecule has 22 heavy (non-hydrogen) atoms. The van der Waals surface area contributed by atoms with Crippen LogP contribution in [0, 0.1) is 11.3 Å². The highest BCUT2D eigenvalue weighted by atomic mass is 16.2. The number of nitrogens with two attached hydrogens (primary N) is 1. The Morgan fingerprint density at radius 3 is 2.59 bits per heavy atom. The lowest BCUT2D eigenvalue weighted by molar-refractivity contribution is -0.128. The number of carbonyl (C=O) groups excluding carboxylic acids is 2. The summed E-state index contributed by atoms with van der Waals surface area (Å²) in [5, 5.41) is 9.21. The van der Waals surface area contributed by atoms with Crippen LogP contribution in [0.5, 0.6) is 0 Å². The van der Waals surface area contributed by atoms with Gasteiger partial charge < -0.3 is 20.4 Å². The molecule has 1 saturated heterocycles. The van der Waals surface area contributed by atoms with E-state index in [9.17, 15) is 14.9 Å². The van der Waals surface area contributed by atoms with Crippen molar-refractivity contribution in [3.8, 4) is 6.07 Å². The Hall–Kier alpha value is -1.91. The molecular weight excluding hydrogens is 282 g/mol. The lowest BCUT2D eigenvalue weighted by Crippen LogP contribution is -2.45. The Bertz CT molecular complexity index is 449. The first-order chi connectivity index (χ1) is 10.5. The van der Waals surface area contributed by atoms with Crippen LogP contribution < -0.4 is 5.73 Å². The van der Waals surface area contributed by atoms with E-state index in [1.54, 1.807) is 11.9 Å². The van der Waals surface area contributed by atoms with Gasteiger partial charge >= 0.3 is 0 Å². The number of amides is 2. The smallest absolute Gasteiger partial charge is 0.266 e. The van der Waals surface area contributed by atoms with Crippen LogP contribution in [0.15, 0.2) is 11.8 Å². The van der Waals surface area contributed by atoms with E-state index in [1.807, 2.05) is 6.07 Å². The third kappa shape index (κ3) is 5.13. The molecule has 0 radical (unpaired) electrons. The fourth-order valence-corrected chi connectivity index (χ4v) is 2.46. The van der Waals surface area contributed by atoms with Crippen molar-refractivity contribution >= 4 is 12.3 Å². The first-order valence-electron chi connectivity index (χ1n) is 7.52. The van der Waals surface area contributed by atoms with Gasteiger partial charge in [-0.15, -0.1) is 0 Å². The molecule has 0 aromatic rings. The van der Waals surface area contributed by atoms with Crippen molar-refractivity contribution in [3.05, 3.63) is 11.8 Å². The molecule has 0 unspecified atom stereocenters. The zero-order valence-corrected chi connectivity index (χ0v) is 13.4. The third-order valence-corrected chi connectivity index (χ3v) is 3.96. The Morgan fingerprint density at radius 1 is 1.45 bits per heavy atom. The van der Waals surface area contributed by atoms with Gasteiger partial charge in [0.25, 0.3) is 5.91 Å². The molecule has 1 fully saturated rings. The summed E-state index contributed by atoms with van der Waals surface area (Å²) < 4.78 is 0. The van der Waals surface area contributed by atoms with E-state index in [0.29, 0.717) is 25.9 Å². The van der Waals surface area contributed by atoms with Crippen LogP contribution in [0.25, 0.3) is 0 Å². The molecular formula is C15H25N5O2. The van der Waals surface area contributed by atoms with E-state index >= 15 is 0 Å². The maximum Gasteiger partial charge on any atom is 0.266 e. The summed E-state index contributed by atoms with van der Waals surface area (Å²) >= 11 is 0. The summed E-state index contributed by atoms with van der Waals surface area (Å²) in [5.74, 6) is -0.336. The summed E-state index contributed by atoms with van der Waals surface area (Å²) in [6, 6.07) is 2.03. The fourth-order valence-electron chi connectivity index (χ4n) is 2.46. The van der Waals surface area contributed by atoms with Gasteiger partial charge in [-0.25, -0.2) is 0 Å². The molecule has 7 nitrogen and oxygen atoms in total. The first-order valence-corrected chi connectivity index (χ1v) is 7.52. The normalized spacial score (nSPS) is 16.9. The number of piperidine rings is 1. The van der Waals surface area contributed by atoms with Gasteiger partial charge in [0.1, 0.15) is 11.6 Å². The zero-order chi connectivity index (χ0) is 16.5. The average molecular weight is 307 g/mol. The van der Waals surface area contributed by atoms with E-state index in [0.717, 1.165) is 25.9 Å². The third-order valence-electron chi connectivity index (χ3n) is 3.96. The summed E-state index contributed by atoms with van der Waals surface area (Å²) in [4.78, 5) is 28.6. The molecule has 0 aliphatic carbocycles. The Kier molecular flexibility index (Phi) is 7.57. The molecule has 0 atom stereocenters. The van der Waals surface area contributed by atoms with Gasteiger partial charge in [-0.1, -0.05) is 0 Å². The number of nitrogens with zero attached hydrogens (tertiary/aromatic N) is 4. The van der Waals surface area contributed by atoms with Crippen LogP contribution in [0.2, 0.25) is 0 Å². The standard InChI is InChI=1S/C15H25N5O2/c1-18-8-4-14(5-9-18)19(2)15(22)13(10-17)11-20(12-21)7-3-6-16/h11-12,14H,3-9,16H2,1-2H3/b13-11-. The Morgan fingerprint density at radius 2 is 2.09 bits per heavy atom. The van der Waals surface area contributed by atoms with Crippen LogP contribution in [-0.4, -0.2) is 73.3 Å². The molecule has 1 rings (SSSR count). The molecule has 122 valence electrons. The highest BCUT2D eigenvalue weighted by Crippen LogP contribution is 2.16. The van der Waals surface area contributed by atoms with Crippen molar-refractivity contribution in [1.29, 1.82) is 5.26 Å². The second-order valence-electron chi connectivity index (χ2n) is 5.59. The minimum Gasteiger partial charge on any atom is -0.338 e. The quantitative estimate of drug-likeness (QED) is 0.398. The molecule has 2 amide bonds. The van der Waals surface area contributed by atoms with Crippen molar-refractivity contribution < 1.29 is 9.59 Å². The van der Waals surface area contributed by atoms with Crippen molar-refractivity contribution in [2.45, 2.75) is 25.3 Å². The van der Waals surface area contributed by atoms with E-state index in [1.165, 1.54) is 11.1 Å². The summed E-state index contributed by atoms with van der Waals surface area (Å²) in [6.45, 7) is 2.72. The largest absolute Gasteiger partial charge is 0.338 e. The van der Waals surface area contributed by atoms with Gasteiger partial charge in [-0.2, -0.15) is 5.26 Å². The minimum absolute atomic E-state index is 0.0226. The SMILES string of the molecule is CN1CCC(N(C)C(=O)/C(C#N)=C\N(C=O)CCCN)CC1. The van der Waals surface area contributed by atoms with Crippen LogP contribution >= 0.6 is 0 Å². The number of carbonyl (C=O) groups is 2. The number of nitriles is 1. The van der Waals surface area contributed by atoms with Gasteiger partial charge in [-0.3, -0.25) is 9.59 Å². The Balaban J connectivity index is 2.74. The van der Waals surface area contributed by atoms with E-state index in [4.69, 9.17) is 5.73 Å². The van der Waals surface area contributed by atoms with Crippen molar-refractivity contribution in [2.75, 3.05) is 40.3 Å². The highest BCUT2D eigenvalue weighted by Gasteiger charge is 2.26. The summed E-state index contributed by atoms with van der Waals surface area (Å²) in [5.41, 5.74) is 5.38. The van der Waals surface area contributed by atoms with Crippen LogP contribution in [0.3, 0.4) is 0 Å². The molecule has 0 saturated carbocycles. The molecule has 0 aromatic heterocycles. The molecule has 7 heteroatoms. The topological polar surface area (TPSA) is 93.7 Å². The molecule has 1 heterocycles. The van der Waals surface area contributed by atoms with E-state index in [2.05, 4.69) is 11.9 Å². The maximum atomic E-state index is 12.4. The molecule has 0 aromatic carbocycles. The minimum atomic E-state index is -0.336. The molecule has 0 bridgehead atoms. The van der Waals surface area contributed by atoms with E-state index < -0.39 is 0 Å². The van der Waals surface area contributed by atoms with Crippen LogP contribution in [-0.2, 0) is 9.59 Å². The maximum absolute atomic E-state index is 12.4. The number of hydrogen-bond acceptors (Lipinski definition) is 5. The van der Waals surface area contributed by atoms with Crippen LogP contribution in [0.1, 0.15) is 19.3 Å². The molecule has 1 aliphatic rings. The number of likely N-dealkylation sites (tertiary alicyclic amines) is 1. The predicted molar refractivity (Wildman–Crippen MR) is 83.4 cm³/mol. The zero-order valence-electron chi connectivity index (χ0n) is 13.4. The van der Waals surface area contributed by atoms with Crippen LogP contribution in [0.4, 0.5) is 0 Å². The molecule has 1 aliphatic heterocycles. The predicted octanol–water partition coefficient (Wildman–Crippen LogP) is -0.246. The van der Waals surface area contributed by atoms with Gasteiger partial charge in [-0.05, 0) is 45.9 Å². The first kappa shape index (κ1) is 18.1. The van der Waals surface area contributed by atoms with Crippen molar-refractivity contribution in [3.63, 3.8) is 0 Å². The van der Waals surface area contributed by atoms with Gasteiger partial charge in [0, 0.05) is 25.8 Å². The summed E-state index contributed by atoms with van der Waals surface area (Å²) in [7, 11) is 3.77. The lowest BCUT2D eigenvalue weighted by atomic mass is 10.0. The average Bonchev–Trinajstić information content (AvgIpc) is 2.54. The second-order valence-corrected chi connectivity index (χ2v) is 5.59. The highest BCUT2D eigenvalue weighted by molar-refractivity contribution is 5.97. The number of hydrogen-bond donors (Lipinski definition) is 1. The van der Waals surface area contributed by atoms with Crippen molar-refractivity contribution in [2.24, 2.45) is 5.73 Å². The van der Waals surface area contributed by atoms with E-state index in [-0.39, 0.29) is 17.5 Å². The summed E-state index contributed by atoms with van der Waals surface area (Å²) in [6.07, 6.45) is 4.32. The number of rotatable bonds is 7. The lowest BCUT2D eigenvalue weighted by Gasteiger charge is -2.35. The second kappa shape index (κ2) is 9.18. The molecule has 2 N–H and O–H groups in total. The van der Waals surface area contributed by atoms with Crippen molar-refractivity contribution in [1.82, 2.24) is 14.7 Å². The van der Waals surface area contributed by atoms with Gasteiger partial charge in [0.15, 0.2) is 0 Å². The monoisotopic (exact) mass is 307 g/mol. The fraction of sp³-hybridized carbons (Fsp3) is 0.667. The number of likely N-dealkylation sites (N-methyl/N-ethyl adjacent to an activating group) is 1. The molecule has 0 spiro atoms.